The lowest BCUT2D eigenvalue weighted by Gasteiger charge is -2.31. The molecule has 3 rings (SSSR count). The van der Waals surface area contributed by atoms with E-state index in [9.17, 15) is 18.0 Å². The summed E-state index contributed by atoms with van der Waals surface area (Å²) in [7, 11) is -4.05. The molecule has 0 saturated carbocycles. The molecule has 1 fully saturated rings. The van der Waals surface area contributed by atoms with Crippen molar-refractivity contribution < 1.29 is 18.0 Å². The molecule has 0 spiro atoms. The van der Waals surface area contributed by atoms with E-state index in [0.29, 0.717) is 22.7 Å². The molecule has 2 aromatic carbocycles. The number of anilines is 1. The zero-order chi connectivity index (χ0) is 22.1. The van der Waals surface area contributed by atoms with Crippen LogP contribution in [-0.2, 0) is 19.6 Å². The standard InChI is InChI=1S/C21H20ClN3O4S/c1-3-14(2)25(30(28,29)18-10-6-16(22)7-11-18)19-12-20(26)24(21(19)27)17-8-4-15(13-23)5-9-17/h4-11,14,19H,3,12H2,1-2H3. The Labute approximate surface area is 180 Å². The largest absolute Gasteiger partial charge is 0.274 e. The predicted molar refractivity (Wildman–Crippen MR) is 112 cm³/mol. The number of nitrogens with zero attached hydrogens (tertiary/aromatic N) is 3. The number of carbonyl (C=O) groups excluding carboxylic acids is 2. The van der Waals surface area contributed by atoms with Crippen LogP contribution in [0.3, 0.4) is 0 Å². The van der Waals surface area contributed by atoms with Gasteiger partial charge in [-0.25, -0.2) is 13.3 Å². The second-order valence-corrected chi connectivity index (χ2v) is 9.27. The molecule has 0 N–H and O–H groups in total. The van der Waals surface area contributed by atoms with Crippen LogP contribution in [0.5, 0.6) is 0 Å². The summed E-state index contributed by atoms with van der Waals surface area (Å²) in [5, 5.41) is 9.33. The minimum Gasteiger partial charge on any atom is -0.274 e. The summed E-state index contributed by atoms with van der Waals surface area (Å²) in [5.74, 6) is -1.10. The van der Waals surface area contributed by atoms with Crippen molar-refractivity contribution in [2.24, 2.45) is 0 Å². The van der Waals surface area contributed by atoms with E-state index in [4.69, 9.17) is 16.9 Å². The van der Waals surface area contributed by atoms with Gasteiger partial charge in [-0.15, -0.1) is 0 Å². The van der Waals surface area contributed by atoms with E-state index in [1.165, 1.54) is 48.5 Å². The van der Waals surface area contributed by atoms with Gasteiger partial charge >= 0.3 is 0 Å². The number of halogens is 1. The van der Waals surface area contributed by atoms with E-state index in [-0.39, 0.29) is 11.3 Å². The molecule has 2 unspecified atom stereocenters. The maximum absolute atomic E-state index is 13.4. The summed E-state index contributed by atoms with van der Waals surface area (Å²) >= 11 is 5.88. The Kier molecular flexibility index (Phi) is 6.27. The SMILES string of the molecule is CCC(C)N(C1CC(=O)N(c2ccc(C#N)cc2)C1=O)S(=O)(=O)c1ccc(Cl)cc1. The maximum atomic E-state index is 13.4. The smallest absolute Gasteiger partial charge is 0.252 e. The van der Waals surface area contributed by atoms with E-state index in [1.807, 2.05) is 13.0 Å². The second kappa shape index (κ2) is 8.56. The lowest BCUT2D eigenvalue weighted by Crippen LogP contribution is -2.49. The third kappa shape index (κ3) is 3.97. The van der Waals surface area contributed by atoms with Gasteiger partial charge < -0.3 is 0 Å². The first-order valence-corrected chi connectivity index (χ1v) is 11.2. The third-order valence-electron chi connectivity index (χ3n) is 5.10. The van der Waals surface area contributed by atoms with Crippen molar-refractivity contribution in [1.29, 1.82) is 5.26 Å². The van der Waals surface area contributed by atoms with E-state index in [1.54, 1.807) is 6.92 Å². The first-order valence-electron chi connectivity index (χ1n) is 9.36. The van der Waals surface area contributed by atoms with Crippen molar-refractivity contribution in [3.8, 4) is 6.07 Å². The number of nitriles is 1. The number of imide groups is 1. The number of amides is 2. The average molecular weight is 446 g/mol. The van der Waals surface area contributed by atoms with Gasteiger partial charge in [-0.3, -0.25) is 9.59 Å². The Hall–Kier alpha value is -2.73. The van der Waals surface area contributed by atoms with Crippen LogP contribution in [0.4, 0.5) is 5.69 Å². The lowest BCUT2D eigenvalue weighted by molar-refractivity contribution is -0.122. The minimum absolute atomic E-state index is 0.00396. The Balaban J connectivity index is 2.01. The van der Waals surface area contributed by atoms with E-state index < -0.39 is 33.9 Å². The molecule has 0 aliphatic carbocycles. The highest BCUT2D eigenvalue weighted by molar-refractivity contribution is 7.89. The molecule has 0 bridgehead atoms. The predicted octanol–water partition coefficient (Wildman–Crippen LogP) is 3.33. The Bertz CT molecular complexity index is 1110. The second-order valence-electron chi connectivity index (χ2n) is 6.99. The highest BCUT2D eigenvalue weighted by Gasteiger charge is 2.48. The first-order chi connectivity index (χ1) is 14.2. The Morgan fingerprint density at radius 3 is 2.30 bits per heavy atom. The van der Waals surface area contributed by atoms with Crippen molar-refractivity contribution >= 4 is 39.1 Å². The van der Waals surface area contributed by atoms with Gasteiger partial charge in [0, 0.05) is 11.1 Å². The average Bonchev–Trinajstić information content (AvgIpc) is 3.01. The van der Waals surface area contributed by atoms with Crippen LogP contribution in [0.1, 0.15) is 32.3 Å². The highest BCUT2D eigenvalue weighted by atomic mass is 35.5. The summed E-state index contributed by atoms with van der Waals surface area (Å²) in [5.41, 5.74) is 0.695. The van der Waals surface area contributed by atoms with Crippen molar-refractivity contribution in [3.05, 3.63) is 59.1 Å². The lowest BCUT2D eigenvalue weighted by atomic mass is 10.2. The molecule has 1 aliphatic heterocycles. The normalized spacial score (nSPS) is 18.0. The Morgan fingerprint density at radius 2 is 1.77 bits per heavy atom. The molecule has 9 heteroatoms. The van der Waals surface area contributed by atoms with Crippen LogP contribution in [0.25, 0.3) is 0 Å². The molecule has 2 atom stereocenters. The number of rotatable bonds is 6. The molecule has 30 heavy (non-hydrogen) atoms. The molecule has 1 saturated heterocycles. The quantitative estimate of drug-likeness (QED) is 0.635. The van der Waals surface area contributed by atoms with Gasteiger partial charge in [0.25, 0.3) is 5.91 Å². The number of hydrogen-bond acceptors (Lipinski definition) is 5. The van der Waals surface area contributed by atoms with Crippen molar-refractivity contribution in [1.82, 2.24) is 4.31 Å². The van der Waals surface area contributed by atoms with Gasteiger partial charge in [-0.2, -0.15) is 9.57 Å². The molecular formula is C21H20ClN3O4S. The molecule has 0 aromatic heterocycles. The summed E-state index contributed by atoms with van der Waals surface area (Å²) < 4.78 is 27.9. The number of sulfonamides is 1. The molecule has 2 aromatic rings. The maximum Gasteiger partial charge on any atom is 0.252 e. The highest BCUT2D eigenvalue weighted by Crippen LogP contribution is 2.31. The summed E-state index contributed by atoms with van der Waals surface area (Å²) in [4.78, 5) is 26.8. The molecule has 1 heterocycles. The Morgan fingerprint density at radius 1 is 1.17 bits per heavy atom. The third-order valence-corrected chi connectivity index (χ3v) is 7.39. The van der Waals surface area contributed by atoms with Crippen molar-refractivity contribution in [2.75, 3.05) is 4.90 Å². The van der Waals surface area contributed by atoms with Crippen LogP contribution < -0.4 is 4.90 Å². The summed E-state index contributed by atoms with van der Waals surface area (Å²) in [6.45, 7) is 3.52. The molecule has 1 aliphatic rings. The van der Waals surface area contributed by atoms with Crippen molar-refractivity contribution in [2.45, 2.75) is 43.7 Å². The van der Waals surface area contributed by atoms with Gasteiger partial charge in [0.05, 0.1) is 28.6 Å². The fraction of sp³-hybridized carbons (Fsp3) is 0.286. The fourth-order valence-electron chi connectivity index (χ4n) is 3.39. The fourth-order valence-corrected chi connectivity index (χ4v) is 5.36. The van der Waals surface area contributed by atoms with Crippen LogP contribution in [0.15, 0.2) is 53.4 Å². The minimum atomic E-state index is -4.05. The van der Waals surface area contributed by atoms with Crippen LogP contribution in [0, 0.1) is 11.3 Å². The van der Waals surface area contributed by atoms with Gasteiger partial charge in [0.1, 0.15) is 6.04 Å². The number of hydrogen-bond donors (Lipinski definition) is 0. The first kappa shape index (κ1) is 22.0. The molecule has 2 amide bonds. The van der Waals surface area contributed by atoms with Crippen LogP contribution in [-0.4, -0.2) is 36.6 Å². The zero-order valence-electron chi connectivity index (χ0n) is 16.4. The molecular weight excluding hydrogens is 426 g/mol. The molecule has 156 valence electrons. The van der Waals surface area contributed by atoms with E-state index in [2.05, 4.69) is 0 Å². The van der Waals surface area contributed by atoms with Gasteiger partial charge in [0.15, 0.2) is 0 Å². The van der Waals surface area contributed by atoms with Gasteiger partial charge in [-0.1, -0.05) is 18.5 Å². The monoisotopic (exact) mass is 445 g/mol. The van der Waals surface area contributed by atoms with E-state index in [0.717, 1.165) is 9.21 Å². The number of benzene rings is 2. The van der Waals surface area contributed by atoms with Gasteiger partial charge in [-0.05, 0) is 61.9 Å². The van der Waals surface area contributed by atoms with Crippen molar-refractivity contribution in [3.63, 3.8) is 0 Å². The van der Waals surface area contributed by atoms with Crippen LogP contribution >= 0.6 is 11.6 Å². The zero-order valence-corrected chi connectivity index (χ0v) is 18.0. The van der Waals surface area contributed by atoms with Crippen LogP contribution in [0.2, 0.25) is 5.02 Å². The topological polar surface area (TPSA) is 98.5 Å². The van der Waals surface area contributed by atoms with Gasteiger partial charge in [0.2, 0.25) is 15.9 Å². The molecule has 0 radical (unpaired) electrons. The van der Waals surface area contributed by atoms with E-state index >= 15 is 0 Å². The summed E-state index contributed by atoms with van der Waals surface area (Å²) in [6, 6.07) is 12.0. The molecule has 7 nitrogen and oxygen atoms in total. The summed E-state index contributed by atoms with van der Waals surface area (Å²) in [6.07, 6.45) is 0.206. The number of carbonyl (C=O) groups is 2.